The average molecular weight is 524 g/mol. The Balaban J connectivity index is 1.59. The third-order valence-electron chi connectivity index (χ3n) is 7.03. The van der Waals surface area contributed by atoms with Crippen LogP contribution in [-0.4, -0.2) is 53.1 Å². The molecule has 1 aromatic carbocycles. The highest BCUT2D eigenvalue weighted by molar-refractivity contribution is 7.13. The first-order valence-corrected chi connectivity index (χ1v) is 14.0. The Morgan fingerprint density at radius 3 is 2.49 bits per heavy atom. The van der Waals surface area contributed by atoms with Gasteiger partial charge in [-0.2, -0.15) is 0 Å². The molecule has 0 aliphatic carbocycles. The fourth-order valence-electron chi connectivity index (χ4n) is 4.76. The van der Waals surface area contributed by atoms with Crippen molar-refractivity contribution in [1.29, 1.82) is 0 Å². The summed E-state index contributed by atoms with van der Waals surface area (Å²) >= 11 is 1.60. The molecule has 0 atom stereocenters. The number of rotatable bonds is 9. The van der Waals surface area contributed by atoms with Crippen LogP contribution >= 0.6 is 11.3 Å². The van der Waals surface area contributed by atoms with E-state index in [-0.39, 0.29) is 17.8 Å². The number of hydrogen-bond acceptors (Lipinski definition) is 6. The minimum Gasteiger partial charge on any atom is -0.497 e. The van der Waals surface area contributed by atoms with E-state index in [2.05, 4.69) is 23.8 Å². The summed E-state index contributed by atoms with van der Waals surface area (Å²) in [6.45, 7) is 10.6. The highest BCUT2D eigenvalue weighted by atomic mass is 32.1. The number of nitrogens with zero attached hydrogens (tertiary/aromatic N) is 3. The fraction of sp³-hybridized carbons (Fsp3) is 0.483. The van der Waals surface area contributed by atoms with Gasteiger partial charge in [-0.05, 0) is 69.4 Å². The SMILES string of the molecule is CCOC(=O)C1CCN(C(=O)c2cc(-c3csc(-c4ccc(OC)cc4)n3)n(CCC(C)C)c2C)CC1. The summed E-state index contributed by atoms with van der Waals surface area (Å²) < 4.78 is 12.7. The molecule has 8 heteroatoms. The first-order chi connectivity index (χ1) is 17.8. The van der Waals surface area contributed by atoms with Crippen LogP contribution in [0.3, 0.4) is 0 Å². The number of benzene rings is 1. The van der Waals surface area contributed by atoms with E-state index < -0.39 is 0 Å². The van der Waals surface area contributed by atoms with E-state index in [1.54, 1.807) is 18.4 Å². The highest BCUT2D eigenvalue weighted by Gasteiger charge is 2.30. The van der Waals surface area contributed by atoms with Gasteiger partial charge in [-0.25, -0.2) is 4.98 Å². The maximum atomic E-state index is 13.6. The minimum absolute atomic E-state index is 0.0231. The zero-order valence-electron chi connectivity index (χ0n) is 22.5. The third kappa shape index (κ3) is 6.06. The van der Waals surface area contributed by atoms with Gasteiger partial charge in [0.2, 0.25) is 0 Å². The lowest BCUT2D eigenvalue weighted by Crippen LogP contribution is -2.40. The van der Waals surface area contributed by atoms with Crippen LogP contribution in [0.5, 0.6) is 5.75 Å². The first-order valence-electron chi connectivity index (χ1n) is 13.1. The van der Waals surface area contributed by atoms with Crippen molar-refractivity contribution in [2.24, 2.45) is 11.8 Å². The number of likely N-dealkylation sites (tertiary alicyclic amines) is 1. The number of esters is 1. The molecule has 0 N–H and O–H groups in total. The summed E-state index contributed by atoms with van der Waals surface area (Å²) in [6, 6.07) is 9.91. The molecule has 4 rings (SSSR count). The topological polar surface area (TPSA) is 73.7 Å². The van der Waals surface area contributed by atoms with E-state index in [0.29, 0.717) is 44.0 Å². The van der Waals surface area contributed by atoms with Crippen molar-refractivity contribution in [3.63, 3.8) is 0 Å². The van der Waals surface area contributed by atoms with Gasteiger partial charge in [0, 0.05) is 36.3 Å². The van der Waals surface area contributed by atoms with E-state index in [1.807, 2.05) is 49.1 Å². The van der Waals surface area contributed by atoms with Gasteiger partial charge in [-0.15, -0.1) is 11.3 Å². The molecule has 7 nitrogen and oxygen atoms in total. The number of hydrogen-bond donors (Lipinski definition) is 0. The van der Waals surface area contributed by atoms with E-state index >= 15 is 0 Å². The van der Waals surface area contributed by atoms with Crippen LogP contribution in [0.15, 0.2) is 35.7 Å². The Labute approximate surface area is 223 Å². The minimum atomic E-state index is -0.149. The molecule has 0 bridgehead atoms. The molecule has 1 fully saturated rings. The normalized spacial score (nSPS) is 14.3. The second kappa shape index (κ2) is 11.9. The lowest BCUT2D eigenvalue weighted by Gasteiger charge is -2.31. The van der Waals surface area contributed by atoms with Gasteiger partial charge in [0.25, 0.3) is 5.91 Å². The second-order valence-electron chi connectivity index (χ2n) is 9.95. The molecule has 1 aliphatic rings. The van der Waals surface area contributed by atoms with Gasteiger partial charge < -0.3 is 18.9 Å². The van der Waals surface area contributed by atoms with Crippen molar-refractivity contribution in [3.05, 3.63) is 47.0 Å². The number of carbonyl (C=O) groups excluding carboxylic acids is 2. The standard InChI is InChI=1S/C29H37N3O4S/c1-6-36-29(34)22-12-14-31(15-13-22)28(33)24-17-26(32(20(24)4)16-11-19(2)3)25-18-37-27(30-25)21-7-9-23(35-5)10-8-21/h7-10,17-19,22H,6,11-16H2,1-5H3. The zero-order chi connectivity index (χ0) is 26.5. The predicted molar refractivity (Wildman–Crippen MR) is 147 cm³/mol. The fourth-order valence-corrected chi connectivity index (χ4v) is 5.58. The van der Waals surface area contributed by atoms with Crippen molar-refractivity contribution in [1.82, 2.24) is 14.5 Å². The van der Waals surface area contributed by atoms with Crippen LogP contribution in [-0.2, 0) is 16.1 Å². The molecule has 198 valence electrons. The summed E-state index contributed by atoms with van der Waals surface area (Å²) in [5.74, 6) is 1.11. The lowest BCUT2D eigenvalue weighted by molar-refractivity contribution is -0.149. The van der Waals surface area contributed by atoms with Crippen LogP contribution in [0, 0.1) is 18.8 Å². The Morgan fingerprint density at radius 2 is 1.86 bits per heavy atom. The molecule has 3 aromatic rings. The molecule has 1 amide bonds. The molecule has 0 radical (unpaired) electrons. The largest absolute Gasteiger partial charge is 0.497 e. The number of ether oxygens (including phenoxy) is 2. The molecule has 0 saturated carbocycles. The van der Waals surface area contributed by atoms with E-state index in [4.69, 9.17) is 14.5 Å². The van der Waals surface area contributed by atoms with Crippen LogP contribution in [0.4, 0.5) is 0 Å². The van der Waals surface area contributed by atoms with Gasteiger partial charge in [-0.3, -0.25) is 9.59 Å². The molecule has 0 unspecified atom stereocenters. The number of carbonyl (C=O) groups is 2. The number of piperidine rings is 1. The molecule has 0 spiro atoms. The summed E-state index contributed by atoms with van der Waals surface area (Å²) in [5.41, 5.74) is 4.57. The van der Waals surface area contributed by atoms with Crippen molar-refractivity contribution in [2.75, 3.05) is 26.8 Å². The number of thiazole rings is 1. The van der Waals surface area contributed by atoms with Crippen LogP contribution in [0.1, 0.15) is 56.1 Å². The molecule has 1 aliphatic heterocycles. The quantitative estimate of drug-likeness (QED) is 0.319. The molecule has 2 aromatic heterocycles. The van der Waals surface area contributed by atoms with Crippen molar-refractivity contribution >= 4 is 23.2 Å². The maximum absolute atomic E-state index is 13.6. The van der Waals surface area contributed by atoms with Gasteiger partial charge in [0.1, 0.15) is 10.8 Å². The molecular formula is C29H37N3O4S. The third-order valence-corrected chi connectivity index (χ3v) is 7.92. The van der Waals surface area contributed by atoms with Gasteiger partial charge >= 0.3 is 5.97 Å². The Bertz CT molecular complexity index is 1220. The molecular weight excluding hydrogens is 486 g/mol. The van der Waals surface area contributed by atoms with Gasteiger partial charge in [0.15, 0.2) is 0 Å². The summed E-state index contributed by atoms with van der Waals surface area (Å²) in [6.07, 6.45) is 2.29. The van der Waals surface area contributed by atoms with Crippen molar-refractivity contribution < 1.29 is 19.1 Å². The molecule has 1 saturated heterocycles. The smallest absolute Gasteiger partial charge is 0.309 e. The average Bonchev–Trinajstić information content (AvgIpc) is 3.52. The van der Waals surface area contributed by atoms with Gasteiger partial charge in [-0.1, -0.05) is 13.8 Å². The maximum Gasteiger partial charge on any atom is 0.309 e. The Hall–Kier alpha value is -3.13. The first kappa shape index (κ1) is 26.9. The van der Waals surface area contributed by atoms with Crippen LogP contribution in [0.25, 0.3) is 22.0 Å². The molecule has 37 heavy (non-hydrogen) atoms. The van der Waals surface area contributed by atoms with Crippen molar-refractivity contribution in [2.45, 2.75) is 53.5 Å². The predicted octanol–water partition coefficient (Wildman–Crippen LogP) is 6.06. The Kier molecular flexibility index (Phi) is 8.69. The Morgan fingerprint density at radius 1 is 1.16 bits per heavy atom. The van der Waals surface area contributed by atoms with E-state index in [9.17, 15) is 9.59 Å². The van der Waals surface area contributed by atoms with Gasteiger partial charge in [0.05, 0.1) is 36.6 Å². The number of methoxy groups -OCH3 is 1. The summed E-state index contributed by atoms with van der Waals surface area (Å²) in [5, 5.41) is 3.00. The summed E-state index contributed by atoms with van der Waals surface area (Å²) in [7, 11) is 1.66. The van der Waals surface area contributed by atoms with E-state index in [0.717, 1.165) is 46.4 Å². The second-order valence-corrected chi connectivity index (χ2v) is 10.8. The summed E-state index contributed by atoms with van der Waals surface area (Å²) in [4.78, 5) is 32.6. The van der Waals surface area contributed by atoms with Crippen LogP contribution in [0.2, 0.25) is 0 Å². The zero-order valence-corrected chi connectivity index (χ0v) is 23.3. The van der Waals surface area contributed by atoms with Crippen LogP contribution < -0.4 is 4.74 Å². The highest BCUT2D eigenvalue weighted by Crippen LogP contribution is 2.33. The van der Waals surface area contributed by atoms with E-state index in [1.165, 1.54) is 0 Å². The number of aromatic nitrogens is 2. The lowest BCUT2D eigenvalue weighted by atomic mass is 9.96. The van der Waals surface area contributed by atoms with Crippen molar-refractivity contribution in [3.8, 4) is 27.7 Å². The monoisotopic (exact) mass is 523 g/mol. The molecule has 3 heterocycles. The number of amides is 1.